The molecule has 0 fully saturated rings. The van der Waals surface area contributed by atoms with Gasteiger partial charge in [-0.05, 0) is 23.8 Å². The normalized spacial score (nSPS) is 10.9. The molecule has 2 heterocycles. The molecule has 3 aromatic rings. The zero-order valence-electron chi connectivity index (χ0n) is 9.05. The summed E-state index contributed by atoms with van der Waals surface area (Å²) >= 11 is 6.13. The summed E-state index contributed by atoms with van der Waals surface area (Å²) in [6.45, 7) is 0. The molecule has 3 nitrogen and oxygen atoms in total. The van der Waals surface area contributed by atoms with Crippen LogP contribution < -0.4 is 0 Å². The van der Waals surface area contributed by atoms with Crippen LogP contribution in [0.2, 0.25) is 5.02 Å². The van der Waals surface area contributed by atoms with Gasteiger partial charge in [0.25, 0.3) is 0 Å². The molecule has 2 aromatic heterocycles. The second-order valence-corrected chi connectivity index (χ2v) is 4.22. The van der Waals surface area contributed by atoms with Crippen LogP contribution in [0.4, 0.5) is 0 Å². The van der Waals surface area contributed by atoms with Gasteiger partial charge in [-0.2, -0.15) is 0 Å². The Morgan fingerprint density at radius 3 is 2.71 bits per heavy atom. The topological polar surface area (TPSA) is 30.2 Å². The van der Waals surface area contributed by atoms with Crippen molar-refractivity contribution < 1.29 is 0 Å². The van der Waals surface area contributed by atoms with Crippen molar-refractivity contribution in [3.05, 3.63) is 65.1 Å². The van der Waals surface area contributed by atoms with Crippen molar-refractivity contribution in [2.24, 2.45) is 0 Å². The monoisotopic (exact) mass is 243 g/mol. The molecule has 0 aliphatic heterocycles. The van der Waals surface area contributed by atoms with Crippen LogP contribution in [0, 0.1) is 0 Å². The summed E-state index contributed by atoms with van der Waals surface area (Å²) in [6, 6.07) is 13.6. The first-order chi connectivity index (χ1) is 8.34. The van der Waals surface area contributed by atoms with Gasteiger partial charge in [-0.25, -0.2) is 0 Å². The molecule has 0 aliphatic rings. The summed E-state index contributed by atoms with van der Waals surface area (Å²) in [4.78, 5) is 0. The van der Waals surface area contributed by atoms with E-state index in [9.17, 15) is 0 Å². The lowest BCUT2D eigenvalue weighted by molar-refractivity contribution is 0.934. The fraction of sp³-hybridized carbons (Fsp3) is 0.0769. The van der Waals surface area contributed by atoms with Crippen molar-refractivity contribution in [1.29, 1.82) is 0 Å². The number of hydrogen-bond acceptors (Lipinski definition) is 2. The average Bonchev–Trinajstić information content (AvgIpc) is 2.76. The minimum atomic E-state index is 0.685. The molecule has 0 spiro atoms. The molecule has 17 heavy (non-hydrogen) atoms. The third-order valence-corrected chi connectivity index (χ3v) is 3.06. The summed E-state index contributed by atoms with van der Waals surface area (Å²) in [7, 11) is 0. The first kappa shape index (κ1) is 10.3. The van der Waals surface area contributed by atoms with Crippen LogP contribution in [0.5, 0.6) is 0 Å². The molecule has 0 unspecified atom stereocenters. The number of nitrogens with zero attached hydrogens (tertiary/aromatic N) is 3. The zero-order chi connectivity index (χ0) is 11.7. The van der Waals surface area contributed by atoms with Gasteiger partial charge in [-0.1, -0.05) is 35.9 Å². The first-order valence-corrected chi connectivity index (χ1v) is 5.74. The molecule has 84 valence electrons. The van der Waals surface area contributed by atoms with E-state index in [1.54, 1.807) is 0 Å². The Morgan fingerprint density at radius 2 is 1.82 bits per heavy atom. The maximum absolute atomic E-state index is 6.13. The van der Waals surface area contributed by atoms with Crippen molar-refractivity contribution in [3.8, 4) is 0 Å². The second kappa shape index (κ2) is 4.18. The smallest absolute Gasteiger partial charge is 0.160 e. The van der Waals surface area contributed by atoms with Gasteiger partial charge in [-0.15, -0.1) is 10.2 Å². The Kier molecular flexibility index (Phi) is 2.53. The van der Waals surface area contributed by atoms with Crippen LogP contribution in [0.3, 0.4) is 0 Å². The van der Waals surface area contributed by atoms with Gasteiger partial charge in [0, 0.05) is 17.6 Å². The molecule has 1 aromatic carbocycles. The molecule has 0 radical (unpaired) electrons. The lowest BCUT2D eigenvalue weighted by Gasteiger charge is -2.02. The molecule has 0 saturated carbocycles. The highest BCUT2D eigenvalue weighted by Crippen LogP contribution is 2.18. The number of pyridine rings is 1. The van der Waals surface area contributed by atoms with E-state index in [2.05, 4.69) is 10.2 Å². The third kappa shape index (κ3) is 1.89. The molecule has 0 bridgehead atoms. The quantitative estimate of drug-likeness (QED) is 0.693. The van der Waals surface area contributed by atoms with Crippen molar-refractivity contribution in [1.82, 2.24) is 14.6 Å². The highest BCUT2D eigenvalue weighted by molar-refractivity contribution is 6.31. The third-order valence-electron chi connectivity index (χ3n) is 2.69. The summed E-state index contributed by atoms with van der Waals surface area (Å²) < 4.78 is 1.98. The second-order valence-electron chi connectivity index (χ2n) is 3.81. The number of hydrogen-bond donors (Lipinski definition) is 0. The van der Waals surface area contributed by atoms with E-state index in [0.717, 1.165) is 22.1 Å². The van der Waals surface area contributed by atoms with E-state index in [1.807, 2.05) is 53.1 Å². The molecular weight excluding hydrogens is 234 g/mol. The molecule has 0 aliphatic carbocycles. The number of benzene rings is 1. The van der Waals surface area contributed by atoms with Crippen molar-refractivity contribution in [3.63, 3.8) is 0 Å². The van der Waals surface area contributed by atoms with Crippen LogP contribution >= 0.6 is 11.6 Å². The molecule has 0 atom stereocenters. The Labute approximate surface area is 104 Å². The van der Waals surface area contributed by atoms with Crippen molar-refractivity contribution in [2.75, 3.05) is 0 Å². The van der Waals surface area contributed by atoms with E-state index in [-0.39, 0.29) is 0 Å². The lowest BCUT2D eigenvalue weighted by atomic mass is 10.1. The summed E-state index contributed by atoms with van der Waals surface area (Å²) in [5.41, 5.74) is 1.92. The minimum absolute atomic E-state index is 0.685. The Balaban J connectivity index is 2.03. The lowest BCUT2D eigenvalue weighted by Crippen LogP contribution is -1.96. The summed E-state index contributed by atoms with van der Waals surface area (Å²) in [5.74, 6) is 0.897. The number of aromatic nitrogens is 3. The Morgan fingerprint density at radius 1 is 1.00 bits per heavy atom. The fourth-order valence-corrected chi connectivity index (χ4v) is 2.03. The predicted molar refractivity (Wildman–Crippen MR) is 67.2 cm³/mol. The summed E-state index contributed by atoms with van der Waals surface area (Å²) in [6.07, 6.45) is 2.65. The molecular formula is C13H10ClN3. The SMILES string of the molecule is Clc1ccccc1Cc1nnc2ccccn12. The van der Waals surface area contributed by atoms with Gasteiger partial charge in [-0.3, -0.25) is 4.40 Å². The van der Waals surface area contributed by atoms with Crippen molar-refractivity contribution in [2.45, 2.75) is 6.42 Å². The molecule has 0 saturated heterocycles. The van der Waals surface area contributed by atoms with Crippen LogP contribution in [0.25, 0.3) is 5.65 Å². The van der Waals surface area contributed by atoms with Gasteiger partial charge < -0.3 is 0 Å². The maximum Gasteiger partial charge on any atom is 0.160 e. The molecule has 4 heteroatoms. The van der Waals surface area contributed by atoms with Gasteiger partial charge in [0.2, 0.25) is 0 Å². The van der Waals surface area contributed by atoms with Crippen LogP contribution in [0.1, 0.15) is 11.4 Å². The standard InChI is InChI=1S/C13H10ClN3/c14-11-6-2-1-5-10(11)9-13-16-15-12-7-3-4-8-17(12)13/h1-8H,9H2. The van der Waals surface area contributed by atoms with Crippen molar-refractivity contribution >= 4 is 17.2 Å². The zero-order valence-corrected chi connectivity index (χ0v) is 9.80. The molecule has 3 rings (SSSR count). The van der Waals surface area contributed by atoms with Crippen LogP contribution in [-0.4, -0.2) is 14.6 Å². The first-order valence-electron chi connectivity index (χ1n) is 5.36. The predicted octanol–water partition coefficient (Wildman–Crippen LogP) is 2.97. The largest absolute Gasteiger partial charge is 0.286 e. The number of fused-ring (bicyclic) bond motifs is 1. The van der Waals surface area contributed by atoms with Gasteiger partial charge in [0.1, 0.15) is 5.82 Å². The Hall–Kier alpha value is -1.87. The van der Waals surface area contributed by atoms with Crippen LogP contribution in [0.15, 0.2) is 48.7 Å². The van der Waals surface area contributed by atoms with E-state index in [0.29, 0.717) is 6.42 Å². The fourth-order valence-electron chi connectivity index (χ4n) is 1.82. The number of rotatable bonds is 2. The highest BCUT2D eigenvalue weighted by atomic mass is 35.5. The number of halogens is 1. The average molecular weight is 244 g/mol. The summed E-state index contributed by atoms with van der Waals surface area (Å²) in [5, 5.41) is 9.06. The van der Waals surface area contributed by atoms with E-state index < -0.39 is 0 Å². The van der Waals surface area contributed by atoms with Crippen LogP contribution in [-0.2, 0) is 6.42 Å². The Bertz CT molecular complexity index is 660. The molecule has 0 amide bonds. The van der Waals surface area contributed by atoms with E-state index >= 15 is 0 Å². The van der Waals surface area contributed by atoms with Gasteiger partial charge in [0.05, 0.1) is 0 Å². The maximum atomic E-state index is 6.13. The van der Waals surface area contributed by atoms with Gasteiger partial charge in [0.15, 0.2) is 5.65 Å². The van der Waals surface area contributed by atoms with E-state index in [4.69, 9.17) is 11.6 Å². The highest BCUT2D eigenvalue weighted by Gasteiger charge is 2.07. The van der Waals surface area contributed by atoms with Gasteiger partial charge >= 0.3 is 0 Å². The minimum Gasteiger partial charge on any atom is -0.286 e. The molecule has 0 N–H and O–H groups in total. The van der Waals surface area contributed by atoms with E-state index in [1.165, 1.54) is 0 Å².